The predicted molar refractivity (Wildman–Crippen MR) is 84.1 cm³/mol. The van der Waals surface area contributed by atoms with Crippen LogP contribution in [-0.4, -0.2) is 42.6 Å². The molecule has 0 saturated carbocycles. The van der Waals surface area contributed by atoms with Gasteiger partial charge in [0.15, 0.2) is 0 Å². The third-order valence-electron chi connectivity index (χ3n) is 3.80. The molecule has 0 amide bonds. The minimum Gasteiger partial charge on any atom is -0.377 e. The van der Waals surface area contributed by atoms with E-state index < -0.39 is 0 Å². The number of piperidine rings is 1. The molecule has 2 rings (SSSR count). The van der Waals surface area contributed by atoms with Gasteiger partial charge in [-0.3, -0.25) is 0 Å². The van der Waals surface area contributed by atoms with Gasteiger partial charge < -0.3 is 9.64 Å². The molecule has 1 aromatic carbocycles. The summed E-state index contributed by atoms with van der Waals surface area (Å²) in [4.78, 5) is 2.56. The molecule has 1 aliphatic heterocycles. The number of hydrogen-bond acceptors (Lipinski definition) is 2. The van der Waals surface area contributed by atoms with Crippen molar-refractivity contribution < 1.29 is 4.74 Å². The summed E-state index contributed by atoms with van der Waals surface area (Å²) < 4.78 is 5.78. The zero-order chi connectivity index (χ0) is 13.5. The number of halogens is 1. The first-order valence-electron chi connectivity index (χ1n) is 7.28. The highest BCUT2D eigenvalue weighted by atomic mass is 79.9. The van der Waals surface area contributed by atoms with Gasteiger partial charge in [0.2, 0.25) is 0 Å². The Bertz CT molecular complexity index is 355. The third kappa shape index (κ3) is 4.59. The summed E-state index contributed by atoms with van der Waals surface area (Å²) in [7, 11) is 0. The van der Waals surface area contributed by atoms with Crippen LogP contribution >= 0.6 is 15.9 Å². The van der Waals surface area contributed by atoms with E-state index in [9.17, 15) is 0 Å². The number of hydrogen-bond donors (Lipinski definition) is 0. The Balaban J connectivity index is 1.91. The van der Waals surface area contributed by atoms with Crippen LogP contribution in [0.5, 0.6) is 0 Å². The largest absolute Gasteiger partial charge is 0.377 e. The van der Waals surface area contributed by atoms with E-state index in [2.05, 4.69) is 58.1 Å². The van der Waals surface area contributed by atoms with Crippen molar-refractivity contribution in [2.24, 2.45) is 0 Å². The molecule has 2 nitrogen and oxygen atoms in total. The summed E-state index contributed by atoms with van der Waals surface area (Å²) in [6.07, 6.45) is 2.91. The lowest BCUT2D eigenvalue weighted by molar-refractivity contribution is 0.00489. The van der Waals surface area contributed by atoms with Gasteiger partial charge in [-0.15, -0.1) is 0 Å². The molecule has 0 aliphatic carbocycles. The van der Waals surface area contributed by atoms with E-state index in [1.807, 2.05) is 0 Å². The average molecular weight is 326 g/mol. The zero-order valence-corrected chi connectivity index (χ0v) is 13.3. The summed E-state index contributed by atoms with van der Waals surface area (Å²) in [6, 6.07) is 10.8. The van der Waals surface area contributed by atoms with Crippen LogP contribution in [-0.2, 0) is 4.74 Å². The number of alkyl halides is 1. The Labute approximate surface area is 125 Å². The molecule has 1 fully saturated rings. The highest BCUT2D eigenvalue weighted by molar-refractivity contribution is 9.09. The first-order chi connectivity index (χ1) is 9.33. The fraction of sp³-hybridized carbons (Fsp3) is 0.625. The summed E-state index contributed by atoms with van der Waals surface area (Å²) in [5.41, 5.74) is 1.43. The standard InChI is InChI=1S/C16H24BrNO/c1-2-19-16-9-6-10-18(13-16)12-15(11-17)14-7-4-3-5-8-14/h3-5,7-8,15-16H,2,6,9-13H2,1H3. The normalized spacial score (nSPS) is 22.3. The molecule has 2 unspecified atom stereocenters. The lowest BCUT2D eigenvalue weighted by Crippen LogP contribution is -2.41. The van der Waals surface area contributed by atoms with Gasteiger partial charge in [-0.05, 0) is 31.9 Å². The fourth-order valence-corrected chi connectivity index (χ4v) is 3.41. The van der Waals surface area contributed by atoms with Crippen LogP contribution in [0.2, 0.25) is 0 Å². The molecule has 1 saturated heterocycles. The van der Waals surface area contributed by atoms with Crippen LogP contribution in [0.15, 0.2) is 30.3 Å². The molecule has 0 N–H and O–H groups in total. The zero-order valence-electron chi connectivity index (χ0n) is 11.7. The molecular formula is C16H24BrNO. The molecule has 3 heteroatoms. The Morgan fingerprint density at radius 2 is 2.16 bits per heavy atom. The molecule has 0 radical (unpaired) electrons. The Kier molecular flexibility index (Phi) is 6.35. The van der Waals surface area contributed by atoms with Gasteiger partial charge in [-0.1, -0.05) is 46.3 Å². The van der Waals surface area contributed by atoms with Gasteiger partial charge in [0, 0.05) is 30.9 Å². The Hall–Kier alpha value is -0.380. The third-order valence-corrected chi connectivity index (χ3v) is 4.58. The molecule has 0 aromatic heterocycles. The molecule has 19 heavy (non-hydrogen) atoms. The van der Waals surface area contributed by atoms with Gasteiger partial charge >= 0.3 is 0 Å². The lowest BCUT2D eigenvalue weighted by atomic mass is 9.99. The van der Waals surface area contributed by atoms with E-state index in [4.69, 9.17) is 4.74 Å². The summed E-state index contributed by atoms with van der Waals surface area (Å²) in [6.45, 7) is 6.34. The molecule has 0 bridgehead atoms. The van der Waals surface area contributed by atoms with Gasteiger partial charge in [-0.2, -0.15) is 0 Å². The summed E-state index contributed by atoms with van der Waals surface area (Å²) in [5, 5.41) is 1.02. The van der Waals surface area contributed by atoms with Crippen molar-refractivity contribution in [2.45, 2.75) is 31.8 Å². The van der Waals surface area contributed by atoms with Crippen LogP contribution in [0.1, 0.15) is 31.2 Å². The molecular weight excluding hydrogens is 302 g/mol. The maximum absolute atomic E-state index is 5.78. The molecule has 2 atom stereocenters. The van der Waals surface area contributed by atoms with E-state index in [1.165, 1.54) is 24.9 Å². The maximum atomic E-state index is 5.78. The quantitative estimate of drug-likeness (QED) is 0.740. The molecule has 106 valence electrons. The van der Waals surface area contributed by atoms with Crippen molar-refractivity contribution in [2.75, 3.05) is 31.6 Å². The van der Waals surface area contributed by atoms with Crippen LogP contribution in [0.3, 0.4) is 0 Å². The first kappa shape index (κ1) is 15.0. The van der Waals surface area contributed by atoms with Crippen LogP contribution in [0, 0.1) is 0 Å². The maximum Gasteiger partial charge on any atom is 0.0702 e. The van der Waals surface area contributed by atoms with E-state index in [1.54, 1.807) is 0 Å². The summed E-state index contributed by atoms with van der Waals surface area (Å²) >= 11 is 3.67. The smallest absolute Gasteiger partial charge is 0.0702 e. The van der Waals surface area contributed by atoms with E-state index in [-0.39, 0.29) is 0 Å². The number of likely N-dealkylation sites (tertiary alicyclic amines) is 1. The van der Waals surface area contributed by atoms with Gasteiger partial charge in [-0.25, -0.2) is 0 Å². The average Bonchev–Trinajstić information content (AvgIpc) is 2.46. The Morgan fingerprint density at radius 1 is 1.37 bits per heavy atom. The van der Waals surface area contributed by atoms with Crippen LogP contribution in [0.4, 0.5) is 0 Å². The fourth-order valence-electron chi connectivity index (χ4n) is 2.83. The van der Waals surface area contributed by atoms with Crippen LogP contribution < -0.4 is 0 Å². The number of rotatable bonds is 6. The Morgan fingerprint density at radius 3 is 2.84 bits per heavy atom. The predicted octanol–water partition coefficient (Wildman–Crippen LogP) is 3.67. The van der Waals surface area contributed by atoms with Crippen molar-refractivity contribution >= 4 is 15.9 Å². The highest BCUT2D eigenvalue weighted by Crippen LogP contribution is 2.22. The van der Waals surface area contributed by atoms with E-state index in [0.717, 1.165) is 25.0 Å². The monoisotopic (exact) mass is 325 g/mol. The van der Waals surface area contributed by atoms with Crippen molar-refractivity contribution in [1.29, 1.82) is 0 Å². The minimum absolute atomic E-state index is 0.436. The van der Waals surface area contributed by atoms with E-state index in [0.29, 0.717) is 12.0 Å². The molecule has 0 spiro atoms. The number of ether oxygens (including phenoxy) is 1. The minimum atomic E-state index is 0.436. The second-order valence-electron chi connectivity index (χ2n) is 5.24. The number of benzene rings is 1. The molecule has 1 aromatic rings. The molecule has 1 heterocycles. The van der Waals surface area contributed by atoms with Crippen molar-refractivity contribution in [3.8, 4) is 0 Å². The number of nitrogens with zero attached hydrogens (tertiary/aromatic N) is 1. The lowest BCUT2D eigenvalue weighted by Gasteiger charge is -2.34. The van der Waals surface area contributed by atoms with Gasteiger partial charge in [0.05, 0.1) is 6.10 Å². The van der Waals surface area contributed by atoms with Crippen LogP contribution in [0.25, 0.3) is 0 Å². The summed E-state index contributed by atoms with van der Waals surface area (Å²) in [5.74, 6) is 0.571. The topological polar surface area (TPSA) is 12.5 Å². The second kappa shape index (κ2) is 8.03. The van der Waals surface area contributed by atoms with Gasteiger partial charge in [0.1, 0.15) is 0 Å². The molecule has 1 aliphatic rings. The second-order valence-corrected chi connectivity index (χ2v) is 5.89. The van der Waals surface area contributed by atoms with Crippen molar-refractivity contribution in [1.82, 2.24) is 4.90 Å². The SMILES string of the molecule is CCOC1CCCN(CC(CBr)c2ccccc2)C1. The van der Waals surface area contributed by atoms with Gasteiger partial charge in [0.25, 0.3) is 0 Å². The van der Waals surface area contributed by atoms with Crippen molar-refractivity contribution in [3.63, 3.8) is 0 Å². The first-order valence-corrected chi connectivity index (χ1v) is 8.40. The van der Waals surface area contributed by atoms with E-state index >= 15 is 0 Å². The highest BCUT2D eigenvalue weighted by Gasteiger charge is 2.22. The van der Waals surface area contributed by atoms with Crippen molar-refractivity contribution in [3.05, 3.63) is 35.9 Å².